The Kier molecular flexibility index (Phi) is 6.44. The van der Waals surface area contributed by atoms with Crippen molar-refractivity contribution >= 4 is 34.0 Å². The fourth-order valence-corrected chi connectivity index (χ4v) is 3.09. The van der Waals surface area contributed by atoms with Crippen molar-refractivity contribution in [3.8, 4) is 0 Å². The van der Waals surface area contributed by atoms with E-state index in [9.17, 15) is 4.21 Å². The summed E-state index contributed by atoms with van der Waals surface area (Å²) >= 11 is 11.7. The van der Waals surface area contributed by atoms with Gasteiger partial charge in [-0.15, -0.1) is 0 Å². The summed E-state index contributed by atoms with van der Waals surface area (Å²) in [7, 11) is 0.634. The molecule has 0 bridgehead atoms. The van der Waals surface area contributed by atoms with Crippen molar-refractivity contribution in [3.05, 3.63) is 28.2 Å². The highest BCUT2D eigenvalue weighted by Gasteiger charge is 2.13. The molecule has 1 rings (SSSR count). The van der Waals surface area contributed by atoms with Crippen LogP contribution in [0.25, 0.3) is 0 Å². The number of hydrogen-bond donors (Lipinski definition) is 2. The van der Waals surface area contributed by atoms with Crippen molar-refractivity contribution in [1.82, 2.24) is 5.32 Å². The summed E-state index contributed by atoms with van der Waals surface area (Å²) in [4.78, 5) is 0.651. The SMILES string of the molecule is CNC(CCO)CS(=O)c1ccc(Cl)c(Cl)c1. The Morgan fingerprint density at radius 2 is 2.12 bits per heavy atom. The Morgan fingerprint density at radius 1 is 1.41 bits per heavy atom. The first-order valence-corrected chi connectivity index (χ1v) is 7.27. The molecule has 2 unspecified atom stereocenters. The van der Waals surface area contributed by atoms with Gasteiger partial charge in [0.2, 0.25) is 0 Å². The molecule has 2 atom stereocenters. The summed E-state index contributed by atoms with van der Waals surface area (Å²) in [5.41, 5.74) is 0. The van der Waals surface area contributed by atoms with Crippen molar-refractivity contribution in [2.24, 2.45) is 0 Å². The zero-order chi connectivity index (χ0) is 12.8. The summed E-state index contributed by atoms with van der Waals surface area (Å²) < 4.78 is 12.0. The second-order valence-corrected chi connectivity index (χ2v) is 5.90. The van der Waals surface area contributed by atoms with E-state index in [2.05, 4.69) is 5.32 Å². The number of halogens is 2. The lowest BCUT2D eigenvalue weighted by Gasteiger charge is -2.14. The molecule has 0 radical (unpaired) electrons. The van der Waals surface area contributed by atoms with Gasteiger partial charge in [-0.3, -0.25) is 4.21 Å². The van der Waals surface area contributed by atoms with Crippen LogP contribution in [-0.2, 0) is 10.8 Å². The van der Waals surface area contributed by atoms with E-state index in [-0.39, 0.29) is 12.6 Å². The van der Waals surface area contributed by atoms with Gasteiger partial charge in [0.15, 0.2) is 0 Å². The van der Waals surface area contributed by atoms with E-state index in [0.29, 0.717) is 27.1 Å². The molecule has 0 aromatic heterocycles. The normalized spacial score (nSPS) is 14.6. The van der Waals surface area contributed by atoms with Gasteiger partial charge in [-0.2, -0.15) is 0 Å². The van der Waals surface area contributed by atoms with Crippen LogP contribution >= 0.6 is 23.2 Å². The largest absolute Gasteiger partial charge is 0.396 e. The van der Waals surface area contributed by atoms with Gasteiger partial charge in [-0.25, -0.2) is 0 Å². The molecule has 0 aliphatic carbocycles. The summed E-state index contributed by atoms with van der Waals surface area (Å²) in [6.45, 7) is 0.0735. The molecule has 1 aromatic carbocycles. The Bertz CT molecular complexity index is 401. The summed E-state index contributed by atoms with van der Waals surface area (Å²) in [5.74, 6) is 0.440. The molecule has 96 valence electrons. The molecule has 0 aliphatic rings. The second-order valence-electron chi connectivity index (χ2n) is 3.59. The molecule has 0 heterocycles. The lowest BCUT2D eigenvalue weighted by atomic mass is 10.2. The van der Waals surface area contributed by atoms with Crippen LogP contribution in [0.4, 0.5) is 0 Å². The minimum absolute atomic E-state index is 0.0234. The Balaban J connectivity index is 2.72. The fourth-order valence-electron chi connectivity index (χ4n) is 1.36. The van der Waals surface area contributed by atoms with Crippen LogP contribution in [0.3, 0.4) is 0 Å². The van der Waals surface area contributed by atoms with E-state index in [1.165, 1.54) is 0 Å². The second kappa shape index (κ2) is 7.34. The topological polar surface area (TPSA) is 49.3 Å². The fraction of sp³-hybridized carbons (Fsp3) is 0.455. The van der Waals surface area contributed by atoms with E-state index < -0.39 is 10.8 Å². The highest BCUT2D eigenvalue weighted by molar-refractivity contribution is 7.85. The first-order valence-electron chi connectivity index (χ1n) is 5.20. The average molecular weight is 296 g/mol. The lowest BCUT2D eigenvalue weighted by molar-refractivity contribution is 0.273. The quantitative estimate of drug-likeness (QED) is 0.845. The lowest BCUT2D eigenvalue weighted by Crippen LogP contribution is -2.32. The summed E-state index contributed by atoms with van der Waals surface area (Å²) in [5, 5.41) is 12.7. The highest BCUT2D eigenvalue weighted by Crippen LogP contribution is 2.24. The number of aliphatic hydroxyl groups excluding tert-OH is 1. The van der Waals surface area contributed by atoms with Crippen molar-refractivity contribution in [2.75, 3.05) is 19.4 Å². The minimum Gasteiger partial charge on any atom is -0.396 e. The first-order chi connectivity index (χ1) is 8.08. The van der Waals surface area contributed by atoms with Gasteiger partial charge in [-0.1, -0.05) is 23.2 Å². The smallest absolute Gasteiger partial charge is 0.0604 e. The van der Waals surface area contributed by atoms with Gasteiger partial charge in [0.25, 0.3) is 0 Å². The zero-order valence-electron chi connectivity index (χ0n) is 9.45. The van der Waals surface area contributed by atoms with Crippen LogP contribution in [0.5, 0.6) is 0 Å². The first kappa shape index (κ1) is 14.9. The minimum atomic E-state index is -1.15. The number of aliphatic hydroxyl groups is 1. The monoisotopic (exact) mass is 295 g/mol. The van der Waals surface area contributed by atoms with Gasteiger partial charge < -0.3 is 10.4 Å². The van der Waals surface area contributed by atoms with Crippen molar-refractivity contribution in [1.29, 1.82) is 0 Å². The van der Waals surface area contributed by atoms with E-state index in [1.54, 1.807) is 25.2 Å². The van der Waals surface area contributed by atoms with E-state index in [1.807, 2.05) is 0 Å². The molecule has 0 saturated carbocycles. The van der Waals surface area contributed by atoms with Crippen molar-refractivity contribution < 1.29 is 9.32 Å². The van der Waals surface area contributed by atoms with Crippen LogP contribution in [0.15, 0.2) is 23.1 Å². The number of rotatable bonds is 6. The summed E-state index contributed by atoms with van der Waals surface area (Å²) in [6.07, 6.45) is 0.573. The van der Waals surface area contributed by atoms with Gasteiger partial charge in [0, 0.05) is 23.3 Å². The molecule has 0 amide bonds. The third-order valence-electron chi connectivity index (χ3n) is 2.39. The maximum Gasteiger partial charge on any atom is 0.0604 e. The summed E-state index contributed by atoms with van der Waals surface area (Å²) in [6, 6.07) is 4.98. The molecule has 1 aromatic rings. The molecular formula is C11H15Cl2NO2S. The molecule has 6 heteroatoms. The predicted molar refractivity (Wildman–Crippen MR) is 72.3 cm³/mol. The third kappa shape index (κ3) is 4.56. The van der Waals surface area contributed by atoms with Gasteiger partial charge >= 0.3 is 0 Å². The Hall–Kier alpha value is -0.130. The molecule has 2 N–H and O–H groups in total. The van der Waals surface area contributed by atoms with E-state index >= 15 is 0 Å². The van der Waals surface area contributed by atoms with Gasteiger partial charge in [-0.05, 0) is 31.7 Å². The highest BCUT2D eigenvalue weighted by atomic mass is 35.5. The van der Waals surface area contributed by atoms with Crippen LogP contribution in [0.1, 0.15) is 6.42 Å². The van der Waals surface area contributed by atoms with Crippen LogP contribution in [-0.4, -0.2) is 34.8 Å². The van der Waals surface area contributed by atoms with Gasteiger partial charge in [0.1, 0.15) is 0 Å². The molecule has 3 nitrogen and oxygen atoms in total. The standard InChI is InChI=1S/C11H15Cl2NO2S/c1-14-8(4-5-15)7-17(16)9-2-3-10(12)11(13)6-9/h2-3,6,8,14-15H,4-5,7H2,1H3. The van der Waals surface area contributed by atoms with Crippen LogP contribution in [0.2, 0.25) is 10.0 Å². The number of hydrogen-bond acceptors (Lipinski definition) is 3. The van der Waals surface area contributed by atoms with E-state index in [0.717, 1.165) is 0 Å². The van der Waals surface area contributed by atoms with E-state index in [4.69, 9.17) is 28.3 Å². The number of nitrogens with one attached hydrogen (secondary N) is 1. The number of benzene rings is 1. The maximum atomic E-state index is 12.0. The molecule has 0 saturated heterocycles. The zero-order valence-corrected chi connectivity index (χ0v) is 11.8. The Labute approximate surface area is 114 Å². The molecule has 17 heavy (non-hydrogen) atoms. The van der Waals surface area contributed by atoms with Gasteiger partial charge in [0.05, 0.1) is 20.8 Å². The molecule has 0 fully saturated rings. The van der Waals surface area contributed by atoms with Crippen LogP contribution < -0.4 is 5.32 Å². The third-order valence-corrected chi connectivity index (χ3v) is 4.62. The predicted octanol–water partition coefficient (Wildman–Crippen LogP) is 2.07. The van der Waals surface area contributed by atoms with Crippen molar-refractivity contribution in [2.45, 2.75) is 17.4 Å². The molecule has 0 aliphatic heterocycles. The Morgan fingerprint density at radius 3 is 2.65 bits per heavy atom. The maximum absolute atomic E-state index is 12.0. The van der Waals surface area contributed by atoms with Crippen molar-refractivity contribution in [3.63, 3.8) is 0 Å². The molecular weight excluding hydrogens is 281 g/mol. The van der Waals surface area contributed by atoms with Crippen LogP contribution in [0, 0.1) is 0 Å². The molecule has 0 spiro atoms. The average Bonchev–Trinajstić information content (AvgIpc) is 2.31.